The van der Waals surface area contributed by atoms with Crippen molar-refractivity contribution in [2.75, 3.05) is 13.2 Å². The lowest BCUT2D eigenvalue weighted by Crippen LogP contribution is -2.45. The molecule has 6 nitrogen and oxygen atoms in total. The Bertz CT molecular complexity index is 1390. The molecule has 0 bridgehead atoms. The van der Waals surface area contributed by atoms with Crippen LogP contribution in [0.2, 0.25) is 0 Å². The Morgan fingerprint density at radius 2 is 0.581 bits per heavy atom. The zero-order valence-corrected chi connectivity index (χ0v) is 58.3. The summed E-state index contributed by atoms with van der Waals surface area (Å²) in [6.45, 7) is 4.95. The van der Waals surface area contributed by atoms with Gasteiger partial charge in [-0.05, 0) is 64.2 Å². The standard InChI is InChI=1S/C80H153NO5/c1-3-5-7-9-11-13-15-17-19-40-44-48-52-56-60-64-68-72-78(83)77(76-82)81-79(84)73-69-65-61-57-53-49-45-42-38-36-34-32-30-28-26-24-22-21-23-25-27-29-31-33-35-37-39-43-47-51-55-59-63-67-71-75-86-80(85)74-70-66-62-58-54-50-46-41-20-18-16-14-12-10-8-6-4-2/h23,25,29,31,68,72,77-78,82-83H,3-22,24,26-28,30,32-67,69-71,73-76H2,1-2H3,(H,81,84)/b25-23-,31-29-,72-68+. The molecule has 0 fully saturated rings. The van der Waals surface area contributed by atoms with E-state index < -0.39 is 12.1 Å². The molecule has 0 aliphatic rings. The molecule has 508 valence electrons. The molecule has 2 atom stereocenters. The van der Waals surface area contributed by atoms with Crippen LogP contribution in [0.3, 0.4) is 0 Å². The molecule has 1 amide bonds. The molecule has 0 aliphatic heterocycles. The Morgan fingerprint density at radius 3 is 0.884 bits per heavy atom. The Labute approximate surface area is 538 Å². The zero-order chi connectivity index (χ0) is 62.0. The van der Waals surface area contributed by atoms with E-state index in [1.165, 1.54) is 366 Å². The number of amides is 1. The SMILES string of the molecule is CCCCCCCCCCCCCCCCC/C=C/C(O)C(CO)NC(=O)CCCCCCCCCCCCCCCCCCC/C=C\C/C=C\CCCCCCCCCCCCCOC(=O)CCCCCCCCCCCCCCCCCCC. The maximum absolute atomic E-state index is 12.5. The molecular formula is C80H153NO5. The van der Waals surface area contributed by atoms with Crippen molar-refractivity contribution in [3.63, 3.8) is 0 Å². The highest BCUT2D eigenvalue weighted by Gasteiger charge is 2.18. The average Bonchev–Trinajstić information content (AvgIpc) is 3.60. The third-order valence-corrected chi connectivity index (χ3v) is 18.4. The predicted octanol–water partition coefficient (Wildman–Crippen LogP) is 25.8. The number of hydrogen-bond acceptors (Lipinski definition) is 5. The van der Waals surface area contributed by atoms with Gasteiger partial charge in [0.05, 0.1) is 25.4 Å². The van der Waals surface area contributed by atoms with Gasteiger partial charge in [-0.15, -0.1) is 0 Å². The molecule has 6 heteroatoms. The van der Waals surface area contributed by atoms with Gasteiger partial charge in [0.1, 0.15) is 0 Å². The summed E-state index contributed by atoms with van der Waals surface area (Å²) >= 11 is 0. The van der Waals surface area contributed by atoms with Crippen molar-refractivity contribution >= 4 is 11.9 Å². The number of hydrogen-bond donors (Lipinski definition) is 3. The fraction of sp³-hybridized carbons (Fsp3) is 0.900. The third kappa shape index (κ3) is 71.2. The van der Waals surface area contributed by atoms with E-state index in [0.29, 0.717) is 19.4 Å². The quantitative estimate of drug-likeness (QED) is 0.0320. The second kappa shape index (κ2) is 75.5. The number of rotatable bonds is 74. The van der Waals surface area contributed by atoms with Crippen LogP contribution < -0.4 is 5.32 Å². The molecule has 0 rings (SSSR count). The highest BCUT2D eigenvalue weighted by atomic mass is 16.5. The van der Waals surface area contributed by atoms with Crippen molar-refractivity contribution in [3.05, 3.63) is 36.5 Å². The monoisotopic (exact) mass is 1210 g/mol. The molecule has 0 saturated heterocycles. The maximum atomic E-state index is 12.5. The molecule has 0 radical (unpaired) electrons. The summed E-state index contributed by atoms with van der Waals surface area (Å²) in [5.41, 5.74) is 0. The summed E-state index contributed by atoms with van der Waals surface area (Å²) in [5, 5.41) is 23.2. The van der Waals surface area contributed by atoms with Crippen molar-refractivity contribution in [1.29, 1.82) is 0 Å². The van der Waals surface area contributed by atoms with Gasteiger partial charge in [-0.3, -0.25) is 9.59 Å². The minimum atomic E-state index is -0.843. The van der Waals surface area contributed by atoms with E-state index in [2.05, 4.69) is 43.5 Å². The normalized spacial score (nSPS) is 12.7. The van der Waals surface area contributed by atoms with E-state index in [9.17, 15) is 19.8 Å². The van der Waals surface area contributed by atoms with Crippen molar-refractivity contribution in [1.82, 2.24) is 5.32 Å². The smallest absolute Gasteiger partial charge is 0.305 e. The van der Waals surface area contributed by atoms with Crippen molar-refractivity contribution in [2.45, 2.75) is 450 Å². The average molecular weight is 1210 g/mol. The maximum Gasteiger partial charge on any atom is 0.305 e. The Hall–Kier alpha value is -1.92. The molecule has 0 aromatic carbocycles. The number of ether oxygens (including phenoxy) is 1. The van der Waals surface area contributed by atoms with Crippen LogP contribution in [0.15, 0.2) is 36.5 Å². The van der Waals surface area contributed by atoms with Gasteiger partial charge in [0.2, 0.25) is 5.91 Å². The van der Waals surface area contributed by atoms with Gasteiger partial charge >= 0.3 is 5.97 Å². The van der Waals surface area contributed by atoms with Gasteiger partial charge in [0, 0.05) is 12.8 Å². The summed E-state index contributed by atoms with van der Waals surface area (Å²) in [7, 11) is 0. The molecule has 0 aromatic rings. The molecule has 0 saturated carbocycles. The summed E-state index contributed by atoms with van der Waals surface area (Å²) in [6, 6.07) is -0.627. The van der Waals surface area contributed by atoms with Crippen LogP contribution in [0.1, 0.15) is 438 Å². The van der Waals surface area contributed by atoms with Crippen LogP contribution >= 0.6 is 0 Å². The predicted molar refractivity (Wildman–Crippen MR) is 379 cm³/mol. The number of nitrogens with one attached hydrogen (secondary N) is 1. The number of aliphatic hydroxyl groups excluding tert-OH is 2. The van der Waals surface area contributed by atoms with Gasteiger partial charge in [-0.2, -0.15) is 0 Å². The van der Waals surface area contributed by atoms with Crippen LogP contribution in [-0.4, -0.2) is 47.4 Å². The van der Waals surface area contributed by atoms with Gasteiger partial charge in [0.15, 0.2) is 0 Å². The lowest BCUT2D eigenvalue weighted by atomic mass is 10.0. The number of carbonyl (C=O) groups is 2. The first-order valence-electron chi connectivity index (χ1n) is 39.3. The molecule has 0 heterocycles. The van der Waals surface area contributed by atoms with Crippen LogP contribution in [0.25, 0.3) is 0 Å². The Balaban J connectivity index is 3.37. The van der Waals surface area contributed by atoms with E-state index in [1.807, 2.05) is 6.08 Å². The van der Waals surface area contributed by atoms with Gasteiger partial charge in [0.25, 0.3) is 0 Å². The molecule has 3 N–H and O–H groups in total. The second-order valence-corrected chi connectivity index (χ2v) is 27.0. The third-order valence-electron chi connectivity index (χ3n) is 18.4. The molecule has 2 unspecified atom stereocenters. The summed E-state index contributed by atoms with van der Waals surface area (Å²) in [4.78, 5) is 24.6. The van der Waals surface area contributed by atoms with E-state index in [1.54, 1.807) is 6.08 Å². The first-order chi connectivity index (χ1) is 42.5. The van der Waals surface area contributed by atoms with E-state index in [-0.39, 0.29) is 18.5 Å². The van der Waals surface area contributed by atoms with Crippen LogP contribution in [0.5, 0.6) is 0 Å². The van der Waals surface area contributed by atoms with Gasteiger partial charge in [-0.25, -0.2) is 0 Å². The number of esters is 1. The van der Waals surface area contributed by atoms with Crippen LogP contribution in [0, 0.1) is 0 Å². The highest BCUT2D eigenvalue weighted by Crippen LogP contribution is 2.19. The van der Waals surface area contributed by atoms with Crippen molar-refractivity contribution in [3.8, 4) is 0 Å². The summed E-state index contributed by atoms with van der Waals surface area (Å²) < 4.78 is 5.51. The molecule has 86 heavy (non-hydrogen) atoms. The molecule has 0 aromatic heterocycles. The van der Waals surface area contributed by atoms with Crippen LogP contribution in [0.4, 0.5) is 0 Å². The van der Waals surface area contributed by atoms with E-state index in [0.717, 1.165) is 44.9 Å². The minimum absolute atomic E-state index is 0.0212. The Kier molecular flexibility index (Phi) is 73.9. The number of aliphatic hydroxyl groups is 2. The van der Waals surface area contributed by atoms with Crippen molar-refractivity contribution in [2.24, 2.45) is 0 Å². The first kappa shape index (κ1) is 84.1. The lowest BCUT2D eigenvalue weighted by Gasteiger charge is -2.20. The molecular weight excluding hydrogens is 1050 g/mol. The molecule has 0 spiro atoms. The first-order valence-corrected chi connectivity index (χ1v) is 39.3. The van der Waals surface area contributed by atoms with E-state index in [4.69, 9.17) is 4.74 Å². The fourth-order valence-corrected chi connectivity index (χ4v) is 12.4. The minimum Gasteiger partial charge on any atom is -0.466 e. The van der Waals surface area contributed by atoms with E-state index >= 15 is 0 Å². The van der Waals surface area contributed by atoms with Gasteiger partial charge < -0.3 is 20.3 Å². The topological polar surface area (TPSA) is 95.9 Å². The number of allylic oxidation sites excluding steroid dienone is 5. The Morgan fingerprint density at radius 1 is 0.326 bits per heavy atom. The second-order valence-electron chi connectivity index (χ2n) is 27.0. The summed E-state index contributed by atoms with van der Waals surface area (Å²) in [5.74, 6) is -0.0411. The largest absolute Gasteiger partial charge is 0.466 e. The summed E-state index contributed by atoms with van der Waals surface area (Å²) in [6.07, 6.45) is 98.4. The van der Waals surface area contributed by atoms with Crippen LogP contribution in [-0.2, 0) is 14.3 Å². The number of unbranched alkanes of at least 4 members (excludes halogenated alkanes) is 59. The van der Waals surface area contributed by atoms with Crippen molar-refractivity contribution < 1.29 is 24.5 Å². The fourth-order valence-electron chi connectivity index (χ4n) is 12.4. The number of carbonyl (C=O) groups excluding carboxylic acids is 2. The van der Waals surface area contributed by atoms with Gasteiger partial charge in [-0.1, -0.05) is 397 Å². The zero-order valence-electron chi connectivity index (χ0n) is 58.3. The molecule has 0 aliphatic carbocycles. The lowest BCUT2D eigenvalue weighted by molar-refractivity contribution is -0.143. The highest BCUT2D eigenvalue weighted by molar-refractivity contribution is 5.76.